The molecule has 0 aliphatic carbocycles. The number of amidine groups is 1. The minimum atomic E-state index is -5.08. The van der Waals surface area contributed by atoms with Crippen molar-refractivity contribution < 1.29 is 31.5 Å². The number of hydrogen-bond donors (Lipinski definition) is 3. The van der Waals surface area contributed by atoms with Crippen molar-refractivity contribution in [3.63, 3.8) is 0 Å². The molecular weight excluding hydrogens is 535 g/mol. The van der Waals surface area contributed by atoms with Crippen LogP contribution in [0.1, 0.15) is 4.88 Å². The van der Waals surface area contributed by atoms with Gasteiger partial charge in [0.05, 0.1) is 24.4 Å². The largest absolute Gasteiger partial charge is 0.490 e. The Morgan fingerprint density at radius 3 is 2.36 bits per heavy atom. The van der Waals surface area contributed by atoms with E-state index in [2.05, 4.69) is 4.98 Å². The summed E-state index contributed by atoms with van der Waals surface area (Å²) in [4.78, 5) is 14.2. The van der Waals surface area contributed by atoms with Crippen molar-refractivity contribution >= 4 is 55.6 Å². The van der Waals surface area contributed by atoms with Crippen molar-refractivity contribution in [1.82, 2.24) is 4.98 Å². The van der Waals surface area contributed by atoms with E-state index in [4.69, 9.17) is 21.0 Å². The molecule has 0 saturated heterocycles. The number of nitrogens with one attached hydrogen (secondary N) is 1. The highest BCUT2D eigenvalue weighted by Crippen LogP contribution is 2.37. The number of thiophene rings is 1. The average molecular weight is 554 g/mol. The highest BCUT2D eigenvalue weighted by molar-refractivity contribution is 8.01. The van der Waals surface area contributed by atoms with Crippen molar-refractivity contribution in [2.45, 2.75) is 20.2 Å². The van der Waals surface area contributed by atoms with Crippen LogP contribution in [0.4, 0.5) is 13.2 Å². The number of para-hydroxylation sites is 1. The van der Waals surface area contributed by atoms with Gasteiger partial charge in [-0.1, -0.05) is 30.3 Å². The Kier molecular flexibility index (Phi) is 8.06. The highest BCUT2D eigenvalue weighted by Gasteiger charge is 2.38. The fourth-order valence-corrected chi connectivity index (χ4v) is 6.92. The second kappa shape index (κ2) is 10.7. The van der Waals surface area contributed by atoms with Gasteiger partial charge >= 0.3 is 12.1 Å². The van der Waals surface area contributed by atoms with Crippen LogP contribution in [0, 0.1) is 5.41 Å². The van der Waals surface area contributed by atoms with Gasteiger partial charge in [-0.3, -0.25) is 10.4 Å². The molecule has 0 atom stereocenters. The zero-order valence-corrected chi connectivity index (χ0v) is 20.9. The Morgan fingerprint density at radius 1 is 1.08 bits per heavy atom. The maximum Gasteiger partial charge on any atom is 0.490 e. The number of aliphatic carboxylic acids is 1. The number of carbonyl (C=O) groups is 1. The van der Waals surface area contributed by atoms with Gasteiger partial charge in [-0.15, -0.1) is 23.1 Å². The van der Waals surface area contributed by atoms with Gasteiger partial charge in [-0.05, 0) is 42.2 Å². The molecule has 2 aromatic heterocycles. The Bertz CT molecular complexity index is 1550. The van der Waals surface area contributed by atoms with Crippen LogP contribution in [0.25, 0.3) is 22.0 Å². The quantitative estimate of drug-likeness (QED) is 0.170. The summed E-state index contributed by atoms with van der Waals surface area (Å²) >= 11 is 2.55. The summed E-state index contributed by atoms with van der Waals surface area (Å²) in [5.74, 6) is -2.89. The number of fused-ring (bicyclic) bond motifs is 1. The Hall–Kier alpha value is -3.42. The summed E-state index contributed by atoms with van der Waals surface area (Å²) in [5.41, 5.74) is 8.07. The van der Waals surface area contributed by atoms with Gasteiger partial charge in [-0.2, -0.15) is 13.2 Å². The first kappa shape index (κ1) is 27.2. The Balaban J connectivity index is 0.000000454. The van der Waals surface area contributed by atoms with Gasteiger partial charge in [0.2, 0.25) is 9.84 Å². The number of nitrogen functional groups attached to an aromatic ring is 1. The lowest BCUT2D eigenvalue weighted by atomic mass is 10.1. The van der Waals surface area contributed by atoms with Gasteiger partial charge in [0.25, 0.3) is 0 Å². The number of thioether (sulfide) groups is 1. The number of carboxylic acids is 1. The summed E-state index contributed by atoms with van der Waals surface area (Å²) in [5, 5.41) is 15.7. The Labute approximate surface area is 212 Å². The van der Waals surface area contributed by atoms with Crippen molar-refractivity contribution in [3.8, 4) is 11.1 Å². The molecule has 2 heterocycles. The second-order valence-corrected chi connectivity index (χ2v) is 11.2. The van der Waals surface area contributed by atoms with E-state index >= 15 is 0 Å². The summed E-state index contributed by atoms with van der Waals surface area (Å²) in [6.07, 6.45) is -1.52. The van der Waals surface area contributed by atoms with Crippen molar-refractivity contribution in [1.29, 1.82) is 5.41 Å². The number of rotatable bonds is 5. The molecule has 7 nitrogen and oxygen atoms in total. The fourth-order valence-electron chi connectivity index (χ4n) is 3.02. The van der Waals surface area contributed by atoms with Crippen molar-refractivity contribution in [3.05, 3.63) is 71.7 Å². The minimum absolute atomic E-state index is 0.136. The van der Waals surface area contributed by atoms with E-state index in [1.165, 1.54) is 29.2 Å². The van der Waals surface area contributed by atoms with Crippen LogP contribution in [0.3, 0.4) is 0 Å². The molecule has 0 fully saturated rings. The summed E-state index contributed by atoms with van der Waals surface area (Å²) in [6, 6.07) is 18.1. The van der Waals surface area contributed by atoms with E-state index in [-0.39, 0.29) is 15.6 Å². The fraction of sp³-hybridized carbons (Fsp3) is 0.0870. The maximum absolute atomic E-state index is 13.3. The molecule has 0 bridgehead atoms. The zero-order valence-electron chi connectivity index (χ0n) is 18.4. The lowest BCUT2D eigenvalue weighted by Crippen LogP contribution is -2.21. The normalized spacial score (nSPS) is 11.6. The van der Waals surface area contributed by atoms with Gasteiger partial charge < -0.3 is 10.8 Å². The number of carboxylic acid groups (broad SMARTS) is 1. The number of aromatic nitrogens is 1. The summed E-state index contributed by atoms with van der Waals surface area (Å²) in [7, 11) is -3.75. The lowest BCUT2D eigenvalue weighted by molar-refractivity contribution is -0.192. The third kappa shape index (κ3) is 6.04. The lowest BCUT2D eigenvalue weighted by Gasteiger charge is -2.08. The number of alkyl halides is 3. The van der Waals surface area contributed by atoms with Crippen molar-refractivity contribution in [2.24, 2.45) is 5.73 Å². The van der Waals surface area contributed by atoms with E-state index < -0.39 is 22.0 Å². The predicted octanol–water partition coefficient (Wildman–Crippen LogP) is 5.44. The molecule has 4 N–H and O–H groups in total. The third-order valence-corrected chi connectivity index (χ3v) is 9.05. The number of nitrogens with two attached hydrogens (primary N) is 1. The molecule has 0 radical (unpaired) electrons. The molecule has 36 heavy (non-hydrogen) atoms. The van der Waals surface area contributed by atoms with E-state index in [9.17, 15) is 21.6 Å². The number of nitrogens with zero attached hydrogens (tertiary/aromatic N) is 1. The Morgan fingerprint density at radius 2 is 1.75 bits per heavy atom. The molecule has 4 rings (SSSR count). The number of benzene rings is 2. The third-order valence-electron chi connectivity index (χ3n) is 4.72. The topological polar surface area (TPSA) is 134 Å². The standard InChI is InChI=1S/C21H17N3O2S3.C2HF3O2/c1-27-21-19(11-18(28-21)20(22)23)29(25,26)16-7-4-6-13(10-16)15-9-14-5-2-3-8-17(14)24-12-15;3-2(4,5)1(6)7/h2-12H,1H3,(H3,22,23);(H,6,7). The molecule has 0 aliphatic heterocycles. The van der Waals surface area contributed by atoms with E-state index in [1.54, 1.807) is 24.4 Å². The summed E-state index contributed by atoms with van der Waals surface area (Å²) in [6.45, 7) is 0. The van der Waals surface area contributed by atoms with Crippen molar-refractivity contribution in [2.75, 3.05) is 6.26 Å². The molecule has 0 saturated carbocycles. The zero-order chi connectivity index (χ0) is 26.7. The molecule has 188 valence electrons. The molecule has 13 heteroatoms. The molecular formula is C23H18F3N3O4S3. The first-order valence-electron chi connectivity index (χ1n) is 9.87. The maximum atomic E-state index is 13.3. The minimum Gasteiger partial charge on any atom is -0.475 e. The van der Waals surface area contributed by atoms with Gasteiger partial charge in [0.1, 0.15) is 5.84 Å². The number of halogens is 3. The predicted molar refractivity (Wildman–Crippen MR) is 133 cm³/mol. The number of hydrogen-bond acceptors (Lipinski definition) is 7. The second-order valence-electron chi connectivity index (χ2n) is 7.13. The first-order valence-corrected chi connectivity index (χ1v) is 13.4. The summed E-state index contributed by atoms with van der Waals surface area (Å²) < 4.78 is 59.0. The molecule has 0 unspecified atom stereocenters. The van der Waals surface area contributed by atoms with E-state index in [0.717, 1.165) is 22.0 Å². The van der Waals surface area contributed by atoms with Gasteiger partial charge in [-0.25, -0.2) is 13.2 Å². The van der Waals surface area contributed by atoms with Crippen LogP contribution < -0.4 is 5.73 Å². The smallest absolute Gasteiger partial charge is 0.475 e. The van der Waals surface area contributed by atoms with Crippen LogP contribution in [-0.4, -0.2) is 42.7 Å². The molecule has 2 aromatic carbocycles. The number of pyridine rings is 1. The SMILES string of the molecule is CSc1sc(C(=N)N)cc1S(=O)(=O)c1cccc(-c2cnc3ccccc3c2)c1.O=C(O)C(F)(F)F. The molecule has 0 spiro atoms. The monoisotopic (exact) mass is 553 g/mol. The van der Waals surface area contributed by atoms with Gasteiger partial charge in [0, 0.05) is 17.1 Å². The first-order chi connectivity index (χ1) is 16.8. The van der Waals surface area contributed by atoms with Crippen LogP contribution >= 0.6 is 23.1 Å². The average Bonchev–Trinajstić information content (AvgIpc) is 3.30. The van der Waals surface area contributed by atoms with Crippen LogP contribution in [0.15, 0.2) is 80.9 Å². The van der Waals surface area contributed by atoms with E-state index in [1.807, 2.05) is 42.7 Å². The molecule has 4 aromatic rings. The van der Waals surface area contributed by atoms with Gasteiger partial charge in [0.15, 0.2) is 0 Å². The highest BCUT2D eigenvalue weighted by atomic mass is 32.2. The van der Waals surface area contributed by atoms with Crippen LogP contribution in [-0.2, 0) is 14.6 Å². The molecule has 0 aliphatic rings. The molecule has 0 amide bonds. The number of sulfone groups is 1. The van der Waals surface area contributed by atoms with Crippen LogP contribution in [0.5, 0.6) is 0 Å². The van der Waals surface area contributed by atoms with Crippen LogP contribution in [0.2, 0.25) is 0 Å². The van der Waals surface area contributed by atoms with E-state index in [0.29, 0.717) is 9.09 Å².